The van der Waals surface area contributed by atoms with E-state index in [-0.39, 0.29) is 26.5 Å². The summed E-state index contributed by atoms with van der Waals surface area (Å²) < 4.78 is 17.8. The summed E-state index contributed by atoms with van der Waals surface area (Å²) in [6.07, 6.45) is 1.90. The van der Waals surface area contributed by atoms with Gasteiger partial charge in [0.05, 0.1) is 28.0 Å². The fourth-order valence-electron chi connectivity index (χ4n) is 9.47. The quantitative estimate of drug-likeness (QED) is 0.128. The number of aromatic nitrogens is 3. The molecule has 342 valence electrons. The van der Waals surface area contributed by atoms with Gasteiger partial charge in [-0.1, -0.05) is 185 Å². The second-order valence-electron chi connectivity index (χ2n) is 19.0. The number of imidazole rings is 1. The molecule has 0 atom stereocenters. The molecule has 69 heavy (non-hydrogen) atoms. The molecule has 0 spiro atoms. The molecule has 0 fully saturated rings. The number of nitrogens with zero attached hydrogens (tertiary/aromatic N) is 3. The van der Waals surface area contributed by atoms with Gasteiger partial charge in [0.15, 0.2) is 0 Å². The summed E-state index contributed by atoms with van der Waals surface area (Å²) in [5.74, 6) is 0.476. The zero-order chi connectivity index (χ0) is 48.0. The van der Waals surface area contributed by atoms with E-state index in [4.69, 9.17) is 14.7 Å². The predicted octanol–water partition coefficient (Wildman–Crippen LogP) is 17.1. The molecule has 0 unspecified atom stereocenters. The van der Waals surface area contributed by atoms with E-state index in [1.165, 1.54) is 11.1 Å². The average molecular weight is 1080 g/mol. The van der Waals surface area contributed by atoms with E-state index in [0.29, 0.717) is 5.75 Å². The summed E-state index contributed by atoms with van der Waals surface area (Å²) in [5.41, 5.74) is 19.7. The van der Waals surface area contributed by atoms with Crippen molar-refractivity contribution in [3.05, 3.63) is 224 Å². The Labute approximate surface area is 423 Å². The Kier molecular flexibility index (Phi) is 12.9. The number of hydrogen-bond donors (Lipinski definition) is 0. The van der Waals surface area contributed by atoms with Crippen LogP contribution < -0.4 is 4.74 Å². The zero-order valence-electron chi connectivity index (χ0n) is 41.2. The monoisotopic (exact) mass is 1080 g/mol. The van der Waals surface area contributed by atoms with Crippen LogP contribution in [0.5, 0.6) is 5.75 Å². The molecule has 0 saturated heterocycles. The van der Waals surface area contributed by atoms with Gasteiger partial charge >= 0.3 is 21.1 Å². The fourth-order valence-corrected chi connectivity index (χ4v) is 9.47. The van der Waals surface area contributed by atoms with Crippen molar-refractivity contribution in [2.75, 3.05) is 0 Å². The van der Waals surface area contributed by atoms with E-state index >= 15 is 0 Å². The maximum atomic E-state index is 9.48. The molecule has 0 bridgehead atoms. The molecular weight excluding hydrogens is 1020 g/mol. The van der Waals surface area contributed by atoms with Crippen LogP contribution in [-0.2, 0) is 26.5 Å². The summed E-state index contributed by atoms with van der Waals surface area (Å²) in [6.45, 7) is 14.8. The molecule has 4 nitrogen and oxygen atoms in total. The van der Waals surface area contributed by atoms with Crippen molar-refractivity contribution in [1.82, 2.24) is 14.5 Å². The second kappa shape index (κ2) is 19.5. The molecule has 8 aromatic carbocycles. The molecule has 0 saturated carbocycles. The van der Waals surface area contributed by atoms with Crippen LogP contribution in [-0.4, -0.2) is 14.5 Å². The number of para-hydroxylation sites is 1. The third-order valence-corrected chi connectivity index (χ3v) is 13.0. The molecule has 2 aromatic heterocycles. The molecule has 10 rings (SSSR count). The van der Waals surface area contributed by atoms with Gasteiger partial charge in [-0.05, 0) is 111 Å². The third-order valence-electron chi connectivity index (χ3n) is 13.0. The summed E-state index contributed by atoms with van der Waals surface area (Å²) >= 11 is 0. The van der Waals surface area contributed by atoms with Crippen LogP contribution in [0.2, 0.25) is 0 Å². The minimum absolute atomic E-state index is 0. The Balaban J connectivity index is 0.00000608. The predicted molar refractivity (Wildman–Crippen MR) is 284 cm³/mol. The van der Waals surface area contributed by atoms with E-state index in [1.807, 2.05) is 38.2 Å². The average Bonchev–Trinajstić information content (AvgIpc) is 3.76. The van der Waals surface area contributed by atoms with Gasteiger partial charge in [0.2, 0.25) is 0 Å². The number of pyridine rings is 1. The van der Waals surface area contributed by atoms with Crippen molar-refractivity contribution >= 4 is 11.0 Å². The van der Waals surface area contributed by atoms with E-state index in [1.54, 1.807) is 0 Å². The van der Waals surface area contributed by atoms with Crippen molar-refractivity contribution in [2.24, 2.45) is 0 Å². The standard InChI is InChI=1S/C64H55N3O.Pt/c1-41(2)54-39-56(48-23-16-11-17-24-48)60(40-55(54)47-21-14-10-15-22-47)67-59-26-18-25-53(61(59)66-63(67)57-34-42(3)33-43(4)62(57)68-8)50-35-51(37-52(36-50)64(5,6)7)58-38-49(31-32-65-58)46-29-27-45(28-30-46)44-19-12-9-13-20-44;/h9-34,36-41H,8H2,1-7H3;/q-2;+2/i41D;. The van der Waals surface area contributed by atoms with Crippen LogP contribution in [0.3, 0.4) is 0 Å². The van der Waals surface area contributed by atoms with Gasteiger partial charge in [0.1, 0.15) is 5.82 Å². The molecule has 0 aliphatic heterocycles. The van der Waals surface area contributed by atoms with E-state index in [0.717, 1.165) is 106 Å². The van der Waals surface area contributed by atoms with Crippen molar-refractivity contribution in [3.8, 4) is 89.7 Å². The molecule has 0 N–H and O–H groups in total. The smallest absolute Gasteiger partial charge is 0.665 e. The summed E-state index contributed by atoms with van der Waals surface area (Å²) in [7, 11) is 3.96. The molecule has 0 aliphatic carbocycles. The summed E-state index contributed by atoms with van der Waals surface area (Å²) in [6, 6.07) is 67.9. The number of hydrogen-bond acceptors (Lipinski definition) is 3. The van der Waals surface area contributed by atoms with Crippen LogP contribution in [0.4, 0.5) is 0 Å². The number of rotatable bonds is 10. The minimum Gasteiger partial charge on any atom is -0.665 e. The van der Waals surface area contributed by atoms with Crippen LogP contribution in [0.25, 0.3) is 95.0 Å². The first-order valence-corrected chi connectivity index (χ1v) is 23.3. The van der Waals surface area contributed by atoms with E-state index in [9.17, 15) is 1.37 Å². The van der Waals surface area contributed by atoms with Crippen LogP contribution >= 0.6 is 0 Å². The van der Waals surface area contributed by atoms with Gasteiger partial charge in [-0.15, -0.1) is 29.3 Å². The first-order chi connectivity index (χ1) is 33.2. The van der Waals surface area contributed by atoms with Crippen LogP contribution in [0.15, 0.2) is 188 Å². The minimum atomic E-state index is -0.907. The number of ether oxygens (including phenoxy) is 1. The van der Waals surface area contributed by atoms with Crippen molar-refractivity contribution < 1.29 is 27.2 Å². The largest absolute Gasteiger partial charge is 2.00 e. The van der Waals surface area contributed by atoms with Crippen molar-refractivity contribution in [3.63, 3.8) is 0 Å². The van der Waals surface area contributed by atoms with Gasteiger partial charge in [-0.2, -0.15) is 7.11 Å². The topological polar surface area (TPSA) is 39.9 Å². The second-order valence-corrected chi connectivity index (χ2v) is 19.0. The maximum Gasteiger partial charge on any atom is 2.00 e. The van der Waals surface area contributed by atoms with E-state index in [2.05, 4.69) is 216 Å². The zero-order valence-corrected chi connectivity index (χ0v) is 42.4. The van der Waals surface area contributed by atoms with E-state index < -0.39 is 5.89 Å². The maximum absolute atomic E-state index is 9.48. The number of aryl methyl sites for hydroxylation is 2. The molecule has 0 aliphatic rings. The first-order valence-electron chi connectivity index (χ1n) is 23.8. The Hall–Kier alpha value is -7.13. The number of benzene rings is 8. The number of fused-ring (bicyclic) bond motifs is 1. The normalized spacial score (nSPS) is 11.9. The molecule has 2 heterocycles. The van der Waals surface area contributed by atoms with Crippen molar-refractivity contribution in [1.29, 1.82) is 0 Å². The van der Waals surface area contributed by atoms with Crippen LogP contribution in [0.1, 0.15) is 64.1 Å². The third kappa shape index (κ3) is 9.27. The molecule has 5 heteroatoms. The fraction of sp³-hybridized carbons (Fsp3) is 0.141. The molecular formula is C64H55N3OPt. The summed E-state index contributed by atoms with van der Waals surface area (Å²) in [5, 5.41) is 0. The van der Waals surface area contributed by atoms with Gasteiger partial charge in [0.25, 0.3) is 0 Å². The Morgan fingerprint density at radius 3 is 1.81 bits per heavy atom. The Bertz CT molecular complexity index is 3500. The molecule has 0 radical (unpaired) electrons. The van der Waals surface area contributed by atoms with Gasteiger partial charge in [-0.25, -0.2) is 4.98 Å². The summed E-state index contributed by atoms with van der Waals surface area (Å²) in [4.78, 5) is 10.7. The van der Waals surface area contributed by atoms with Gasteiger partial charge < -0.3 is 4.74 Å². The Morgan fingerprint density at radius 2 is 1.19 bits per heavy atom. The molecule has 0 amide bonds. The Morgan fingerprint density at radius 1 is 0.594 bits per heavy atom. The SMILES string of the molecule is [2H]C(C)(C)c1cc(-c2ccccc2)c(-n2c(-c3cc(C)cc(C)c3O[CH2-])nc3c(-c4[c-]c(-c5cc(-c6ccc(-c7ccccc7)cc6)ccn5)cc(C(C)(C)C)c4)cccc32)cc1-c1ccccc1.[Pt+2]. The molecule has 10 aromatic rings. The van der Waals surface area contributed by atoms with Gasteiger partial charge in [-0.3, -0.25) is 9.55 Å². The first kappa shape index (κ1) is 45.6. The van der Waals surface area contributed by atoms with Crippen LogP contribution in [0, 0.1) is 27.0 Å². The van der Waals surface area contributed by atoms with Crippen molar-refractivity contribution in [2.45, 2.75) is 59.8 Å². The van der Waals surface area contributed by atoms with Gasteiger partial charge in [0, 0.05) is 18.8 Å².